The molecule has 0 bridgehead atoms. The van der Waals surface area contributed by atoms with Gasteiger partial charge in [-0.2, -0.15) is 5.10 Å². The molecule has 3 aromatic heterocycles. The third-order valence-corrected chi connectivity index (χ3v) is 4.50. The van der Waals surface area contributed by atoms with Gasteiger partial charge in [-0.25, -0.2) is 24.3 Å². The van der Waals surface area contributed by atoms with Crippen molar-refractivity contribution in [2.45, 2.75) is 6.54 Å². The highest BCUT2D eigenvalue weighted by atomic mass is 19.1. The maximum Gasteiger partial charge on any atom is 0.223 e. The number of aromatic nitrogens is 6. The van der Waals surface area contributed by atoms with E-state index in [1.807, 2.05) is 18.2 Å². The number of aromatic amines is 1. The van der Waals surface area contributed by atoms with E-state index in [9.17, 15) is 4.39 Å². The number of nitrogens with one attached hydrogen (secondary N) is 2. The summed E-state index contributed by atoms with van der Waals surface area (Å²) in [6, 6.07) is 12.5. The molecule has 0 amide bonds. The van der Waals surface area contributed by atoms with E-state index < -0.39 is 0 Å². The van der Waals surface area contributed by atoms with Crippen LogP contribution in [0.25, 0.3) is 33.2 Å². The number of fused-ring (bicyclic) bond motifs is 2. The zero-order chi connectivity index (χ0) is 18.9. The molecular weight excluding hydrogens is 357 g/mol. The molecule has 5 aromatic rings. The van der Waals surface area contributed by atoms with Crippen LogP contribution >= 0.6 is 0 Å². The zero-order valence-electron chi connectivity index (χ0n) is 14.6. The Balaban J connectivity index is 1.45. The fourth-order valence-electron chi connectivity index (χ4n) is 3.08. The van der Waals surface area contributed by atoms with Crippen LogP contribution in [0.1, 0.15) is 5.56 Å². The van der Waals surface area contributed by atoms with Gasteiger partial charge in [-0.3, -0.25) is 5.10 Å². The van der Waals surface area contributed by atoms with Crippen molar-refractivity contribution in [1.82, 2.24) is 30.1 Å². The molecule has 28 heavy (non-hydrogen) atoms. The van der Waals surface area contributed by atoms with Gasteiger partial charge >= 0.3 is 0 Å². The maximum atomic E-state index is 13.7. The van der Waals surface area contributed by atoms with Gasteiger partial charge in [-0.1, -0.05) is 24.3 Å². The molecule has 2 N–H and O–H groups in total. The number of H-pyrrole nitrogens is 1. The third kappa shape index (κ3) is 2.90. The summed E-state index contributed by atoms with van der Waals surface area (Å²) in [5.74, 6) is 0.193. The van der Waals surface area contributed by atoms with Crippen molar-refractivity contribution in [1.29, 1.82) is 0 Å². The van der Waals surface area contributed by atoms with E-state index in [1.54, 1.807) is 30.6 Å². The van der Waals surface area contributed by atoms with Crippen LogP contribution in [-0.4, -0.2) is 30.1 Å². The Hall–Kier alpha value is -3.94. The van der Waals surface area contributed by atoms with Crippen molar-refractivity contribution in [3.05, 3.63) is 72.6 Å². The van der Waals surface area contributed by atoms with Gasteiger partial charge in [0.15, 0.2) is 5.65 Å². The average molecular weight is 371 g/mol. The Morgan fingerprint density at radius 1 is 1.00 bits per heavy atom. The van der Waals surface area contributed by atoms with Gasteiger partial charge in [-0.15, -0.1) is 0 Å². The van der Waals surface area contributed by atoms with Gasteiger partial charge in [0.05, 0.1) is 22.8 Å². The molecule has 0 spiro atoms. The summed E-state index contributed by atoms with van der Waals surface area (Å²) in [7, 11) is 0. The average Bonchev–Trinajstić information content (AvgIpc) is 3.22. The van der Waals surface area contributed by atoms with E-state index in [0.717, 1.165) is 27.5 Å². The summed E-state index contributed by atoms with van der Waals surface area (Å²) in [6.07, 6.45) is 4.96. The number of nitrogens with zero attached hydrogens (tertiary/aromatic N) is 5. The fraction of sp³-hybridized carbons (Fsp3) is 0.0500. The van der Waals surface area contributed by atoms with E-state index in [2.05, 4.69) is 35.5 Å². The number of anilines is 1. The lowest BCUT2D eigenvalue weighted by atomic mass is 10.1. The van der Waals surface area contributed by atoms with Crippen molar-refractivity contribution < 1.29 is 4.39 Å². The van der Waals surface area contributed by atoms with Crippen LogP contribution in [0.2, 0.25) is 0 Å². The predicted octanol–water partition coefficient (Wildman–Crippen LogP) is 3.71. The highest BCUT2D eigenvalue weighted by Crippen LogP contribution is 2.27. The molecular formula is C20H14FN7. The number of halogens is 1. The van der Waals surface area contributed by atoms with Crippen LogP contribution in [0.3, 0.4) is 0 Å². The first-order valence-corrected chi connectivity index (χ1v) is 8.66. The molecule has 0 saturated heterocycles. The molecule has 0 atom stereocenters. The van der Waals surface area contributed by atoms with E-state index >= 15 is 0 Å². The smallest absolute Gasteiger partial charge is 0.223 e. The van der Waals surface area contributed by atoms with Crippen molar-refractivity contribution in [3.63, 3.8) is 0 Å². The summed E-state index contributed by atoms with van der Waals surface area (Å²) in [6.45, 7) is 0.315. The van der Waals surface area contributed by atoms with Gasteiger partial charge < -0.3 is 5.32 Å². The molecule has 3 heterocycles. The van der Waals surface area contributed by atoms with E-state index in [1.165, 1.54) is 12.4 Å². The van der Waals surface area contributed by atoms with Crippen molar-refractivity contribution in [2.75, 3.05) is 5.32 Å². The first kappa shape index (κ1) is 16.2. The molecule has 2 aromatic carbocycles. The summed E-state index contributed by atoms with van der Waals surface area (Å²) in [4.78, 5) is 17.4. The topological polar surface area (TPSA) is 92.3 Å². The highest BCUT2D eigenvalue weighted by Gasteiger charge is 2.10. The molecule has 136 valence electrons. The Morgan fingerprint density at radius 3 is 2.86 bits per heavy atom. The Morgan fingerprint density at radius 2 is 1.93 bits per heavy atom. The van der Waals surface area contributed by atoms with Gasteiger partial charge in [0.1, 0.15) is 12.1 Å². The third-order valence-electron chi connectivity index (χ3n) is 4.50. The molecule has 0 aliphatic heterocycles. The number of hydrogen-bond donors (Lipinski definition) is 2. The molecule has 0 saturated carbocycles. The SMILES string of the molecule is Fc1ccccc1CNc1ncc2cc(-c3ncnc4[nH]ncc34)ccc2n1. The molecule has 5 rings (SSSR count). The molecule has 7 nitrogen and oxygen atoms in total. The standard InChI is InChI=1S/C20H14FN7/c21-16-4-2-1-3-13(16)8-22-20-23-9-14-7-12(5-6-17(14)27-20)18-15-10-26-28-19(15)25-11-24-18/h1-7,9-11H,8H2,(H,22,23,27)(H,24,25,26,28). The second-order valence-electron chi connectivity index (χ2n) is 6.27. The minimum atomic E-state index is -0.254. The highest BCUT2D eigenvalue weighted by molar-refractivity contribution is 5.93. The van der Waals surface area contributed by atoms with Crippen LogP contribution in [0.15, 0.2) is 61.2 Å². The van der Waals surface area contributed by atoms with Crippen LogP contribution < -0.4 is 5.32 Å². The monoisotopic (exact) mass is 371 g/mol. The van der Waals surface area contributed by atoms with E-state index in [0.29, 0.717) is 23.7 Å². The van der Waals surface area contributed by atoms with Gasteiger partial charge in [-0.05, 0) is 18.2 Å². The first-order chi connectivity index (χ1) is 13.8. The molecule has 8 heteroatoms. The molecule has 0 aliphatic rings. The van der Waals surface area contributed by atoms with Crippen LogP contribution in [0.4, 0.5) is 10.3 Å². The lowest BCUT2D eigenvalue weighted by molar-refractivity contribution is 0.612. The largest absolute Gasteiger partial charge is 0.350 e. The minimum Gasteiger partial charge on any atom is -0.350 e. The molecule has 0 unspecified atom stereocenters. The lowest BCUT2D eigenvalue weighted by Gasteiger charge is -2.08. The van der Waals surface area contributed by atoms with Gasteiger partial charge in [0.2, 0.25) is 5.95 Å². The predicted molar refractivity (Wildman–Crippen MR) is 104 cm³/mol. The number of hydrogen-bond acceptors (Lipinski definition) is 6. The minimum absolute atomic E-state index is 0.254. The Labute approximate surface area is 158 Å². The van der Waals surface area contributed by atoms with Gasteiger partial charge in [0.25, 0.3) is 0 Å². The zero-order valence-corrected chi connectivity index (χ0v) is 14.6. The quantitative estimate of drug-likeness (QED) is 0.500. The van der Waals surface area contributed by atoms with E-state index in [-0.39, 0.29) is 5.82 Å². The number of rotatable bonds is 4. The number of benzene rings is 2. The normalized spacial score (nSPS) is 11.2. The van der Waals surface area contributed by atoms with Crippen molar-refractivity contribution in [3.8, 4) is 11.3 Å². The summed E-state index contributed by atoms with van der Waals surface area (Å²) in [5.41, 5.74) is 3.76. The second kappa shape index (κ2) is 6.66. The molecule has 0 fully saturated rings. The summed E-state index contributed by atoms with van der Waals surface area (Å²) in [5, 5.41) is 11.7. The molecule has 0 radical (unpaired) electrons. The Kier molecular flexibility index (Phi) is 3.86. The lowest BCUT2D eigenvalue weighted by Crippen LogP contribution is -2.05. The van der Waals surface area contributed by atoms with Crippen LogP contribution in [0, 0.1) is 5.82 Å². The van der Waals surface area contributed by atoms with Gasteiger partial charge in [0, 0.05) is 29.3 Å². The van der Waals surface area contributed by atoms with Crippen molar-refractivity contribution >= 4 is 27.9 Å². The summed E-state index contributed by atoms with van der Waals surface area (Å²) >= 11 is 0. The second-order valence-corrected chi connectivity index (χ2v) is 6.27. The molecule has 0 aliphatic carbocycles. The van der Waals surface area contributed by atoms with Crippen molar-refractivity contribution in [2.24, 2.45) is 0 Å². The van der Waals surface area contributed by atoms with E-state index in [4.69, 9.17) is 0 Å². The first-order valence-electron chi connectivity index (χ1n) is 8.66. The maximum absolute atomic E-state index is 13.7. The van der Waals surface area contributed by atoms with Crippen LogP contribution in [0.5, 0.6) is 0 Å². The fourth-order valence-corrected chi connectivity index (χ4v) is 3.08. The van der Waals surface area contributed by atoms with Crippen LogP contribution in [-0.2, 0) is 6.54 Å². The Bertz CT molecular complexity index is 1300. The summed E-state index contributed by atoms with van der Waals surface area (Å²) < 4.78 is 13.7.